The molecule has 0 aliphatic carbocycles. The summed E-state index contributed by atoms with van der Waals surface area (Å²) in [5, 5.41) is 2.73. The van der Waals surface area contributed by atoms with E-state index in [2.05, 4.69) is 5.32 Å². The Morgan fingerprint density at radius 3 is 2.57 bits per heavy atom. The van der Waals surface area contributed by atoms with Crippen molar-refractivity contribution in [3.8, 4) is 0 Å². The molecule has 2 amide bonds. The highest BCUT2D eigenvalue weighted by Gasteiger charge is 2.34. The maximum Gasteiger partial charge on any atom is 0.243 e. The third-order valence-electron chi connectivity index (χ3n) is 5.35. The largest absolute Gasteiger partial charge is 0.378 e. The van der Waals surface area contributed by atoms with Gasteiger partial charge in [-0.15, -0.1) is 11.8 Å². The zero-order chi connectivity index (χ0) is 19.7. The summed E-state index contributed by atoms with van der Waals surface area (Å²) in [5.74, 6) is 0.177. The molecule has 8 nitrogen and oxygen atoms in total. The molecule has 0 atom stereocenters. The molecule has 3 aliphatic heterocycles. The molecule has 4 rings (SSSR count). The summed E-state index contributed by atoms with van der Waals surface area (Å²) in [5.41, 5.74) is 0.541. The highest BCUT2D eigenvalue weighted by molar-refractivity contribution is 8.00. The molecule has 3 heterocycles. The van der Waals surface area contributed by atoms with Crippen LogP contribution >= 0.6 is 11.8 Å². The van der Waals surface area contributed by atoms with Gasteiger partial charge in [0.05, 0.1) is 29.5 Å². The third kappa shape index (κ3) is 3.91. The van der Waals surface area contributed by atoms with Crippen molar-refractivity contribution in [2.24, 2.45) is 5.92 Å². The Kier molecular flexibility index (Phi) is 5.64. The number of rotatable bonds is 3. The molecule has 0 bridgehead atoms. The maximum absolute atomic E-state index is 13.0. The smallest absolute Gasteiger partial charge is 0.243 e. The number of carbonyl (C=O) groups is 2. The third-order valence-corrected chi connectivity index (χ3v) is 8.32. The molecule has 0 radical (unpaired) electrons. The summed E-state index contributed by atoms with van der Waals surface area (Å²) in [7, 11) is -3.66. The van der Waals surface area contributed by atoms with Gasteiger partial charge in [0.2, 0.25) is 21.8 Å². The van der Waals surface area contributed by atoms with Gasteiger partial charge >= 0.3 is 0 Å². The standard InChI is InChI=1S/C18H23N3O5S2/c22-17-12-27-16-2-1-14(11-15(16)19-17)28(24,25)21-5-3-13(4-6-21)18(23)20-7-9-26-10-8-20/h1-2,11,13H,3-10,12H2,(H,19,22). The van der Waals surface area contributed by atoms with E-state index in [1.54, 1.807) is 12.1 Å². The first-order valence-electron chi connectivity index (χ1n) is 9.38. The number of hydrogen-bond acceptors (Lipinski definition) is 6. The summed E-state index contributed by atoms with van der Waals surface area (Å²) in [6.07, 6.45) is 1.04. The number of piperidine rings is 1. The summed E-state index contributed by atoms with van der Waals surface area (Å²) >= 11 is 1.40. The van der Waals surface area contributed by atoms with E-state index in [0.29, 0.717) is 63.7 Å². The van der Waals surface area contributed by atoms with E-state index in [9.17, 15) is 18.0 Å². The number of thioether (sulfide) groups is 1. The lowest BCUT2D eigenvalue weighted by molar-refractivity contribution is -0.140. The fourth-order valence-electron chi connectivity index (χ4n) is 3.76. The Bertz CT molecular complexity index is 875. The Hall–Kier alpha value is -1.62. The van der Waals surface area contributed by atoms with Crippen molar-refractivity contribution >= 4 is 39.3 Å². The van der Waals surface area contributed by atoms with Crippen molar-refractivity contribution in [2.45, 2.75) is 22.6 Å². The fraction of sp³-hybridized carbons (Fsp3) is 0.556. The van der Waals surface area contributed by atoms with Crippen molar-refractivity contribution in [3.05, 3.63) is 18.2 Å². The van der Waals surface area contributed by atoms with Crippen LogP contribution < -0.4 is 5.32 Å². The van der Waals surface area contributed by atoms with Crippen LogP contribution in [0.1, 0.15) is 12.8 Å². The molecule has 28 heavy (non-hydrogen) atoms. The molecule has 2 saturated heterocycles. The Morgan fingerprint density at radius 2 is 1.86 bits per heavy atom. The average Bonchev–Trinajstić information content (AvgIpc) is 2.73. The van der Waals surface area contributed by atoms with E-state index < -0.39 is 10.0 Å². The topological polar surface area (TPSA) is 96.0 Å². The number of hydrogen-bond donors (Lipinski definition) is 1. The predicted molar refractivity (Wildman–Crippen MR) is 105 cm³/mol. The Morgan fingerprint density at radius 1 is 1.14 bits per heavy atom. The SMILES string of the molecule is O=C1CSc2ccc(S(=O)(=O)N3CCC(C(=O)N4CCOCC4)CC3)cc2N1. The van der Waals surface area contributed by atoms with Crippen LogP contribution in [0.15, 0.2) is 28.0 Å². The number of sulfonamides is 1. The number of benzene rings is 1. The minimum Gasteiger partial charge on any atom is -0.378 e. The van der Waals surface area contributed by atoms with Gasteiger partial charge in [0, 0.05) is 37.0 Å². The number of nitrogens with zero attached hydrogens (tertiary/aromatic N) is 2. The normalized spacial score (nSPS) is 21.9. The summed E-state index contributed by atoms with van der Waals surface area (Å²) < 4.78 is 32.8. The summed E-state index contributed by atoms with van der Waals surface area (Å²) in [6.45, 7) is 2.98. The van der Waals surface area contributed by atoms with Crippen LogP contribution in [0.2, 0.25) is 0 Å². The second kappa shape index (κ2) is 8.02. The first kappa shape index (κ1) is 19.7. The molecule has 1 N–H and O–H groups in total. The van der Waals surface area contributed by atoms with Crippen molar-refractivity contribution in [1.82, 2.24) is 9.21 Å². The number of fused-ring (bicyclic) bond motifs is 1. The zero-order valence-electron chi connectivity index (χ0n) is 15.4. The average molecular weight is 426 g/mol. The minimum absolute atomic E-state index is 0.105. The van der Waals surface area contributed by atoms with Crippen LogP contribution in [0.25, 0.3) is 0 Å². The van der Waals surface area contributed by atoms with E-state index in [0.717, 1.165) is 4.90 Å². The van der Waals surface area contributed by atoms with Gasteiger partial charge < -0.3 is 15.0 Å². The number of nitrogens with one attached hydrogen (secondary N) is 1. The highest BCUT2D eigenvalue weighted by atomic mass is 32.2. The molecular formula is C18H23N3O5S2. The van der Waals surface area contributed by atoms with Gasteiger partial charge in [-0.1, -0.05) is 0 Å². The van der Waals surface area contributed by atoms with Gasteiger partial charge in [-0.2, -0.15) is 4.31 Å². The lowest BCUT2D eigenvalue weighted by Gasteiger charge is -2.35. The Balaban J connectivity index is 1.43. The number of morpholine rings is 1. The molecule has 10 heteroatoms. The first-order valence-corrected chi connectivity index (χ1v) is 11.8. The zero-order valence-corrected chi connectivity index (χ0v) is 17.1. The van der Waals surface area contributed by atoms with Gasteiger partial charge in [0.25, 0.3) is 0 Å². The van der Waals surface area contributed by atoms with Crippen molar-refractivity contribution in [1.29, 1.82) is 0 Å². The first-order chi connectivity index (χ1) is 13.4. The maximum atomic E-state index is 13.0. The van der Waals surface area contributed by atoms with Gasteiger partial charge in [0.1, 0.15) is 0 Å². The van der Waals surface area contributed by atoms with Crippen molar-refractivity contribution < 1.29 is 22.7 Å². The van der Waals surface area contributed by atoms with Gasteiger partial charge in [0.15, 0.2) is 0 Å². The van der Waals surface area contributed by atoms with E-state index in [4.69, 9.17) is 4.74 Å². The second-order valence-corrected chi connectivity index (χ2v) is 10.1. The van der Waals surface area contributed by atoms with Gasteiger partial charge in [-0.05, 0) is 31.0 Å². The fourth-order valence-corrected chi connectivity index (χ4v) is 6.04. The van der Waals surface area contributed by atoms with Gasteiger partial charge in [-0.3, -0.25) is 9.59 Å². The molecule has 1 aromatic carbocycles. The number of amides is 2. The van der Waals surface area contributed by atoms with Crippen LogP contribution in [-0.4, -0.2) is 74.6 Å². The summed E-state index contributed by atoms with van der Waals surface area (Å²) in [6, 6.07) is 4.85. The van der Waals surface area contributed by atoms with E-state index in [1.165, 1.54) is 22.1 Å². The number of anilines is 1. The van der Waals surface area contributed by atoms with Crippen molar-refractivity contribution in [2.75, 3.05) is 50.5 Å². The molecule has 0 aromatic heterocycles. The molecule has 3 aliphatic rings. The molecule has 0 unspecified atom stereocenters. The second-order valence-electron chi connectivity index (χ2n) is 7.11. The Labute approximate surface area is 168 Å². The molecule has 0 saturated carbocycles. The van der Waals surface area contributed by atoms with Crippen molar-refractivity contribution in [3.63, 3.8) is 0 Å². The van der Waals surface area contributed by atoms with Crippen LogP contribution in [0.3, 0.4) is 0 Å². The van der Waals surface area contributed by atoms with Crippen LogP contribution in [-0.2, 0) is 24.3 Å². The molecule has 152 valence electrons. The van der Waals surface area contributed by atoms with Crippen LogP contribution in [0.5, 0.6) is 0 Å². The monoisotopic (exact) mass is 425 g/mol. The van der Waals surface area contributed by atoms with E-state index in [-0.39, 0.29) is 22.6 Å². The molecular weight excluding hydrogens is 402 g/mol. The quantitative estimate of drug-likeness (QED) is 0.776. The van der Waals surface area contributed by atoms with Gasteiger partial charge in [-0.25, -0.2) is 8.42 Å². The lowest BCUT2D eigenvalue weighted by Crippen LogP contribution is -2.47. The predicted octanol–water partition coefficient (Wildman–Crippen LogP) is 0.990. The number of ether oxygens (including phenoxy) is 1. The summed E-state index contributed by atoms with van der Waals surface area (Å²) in [4.78, 5) is 27.1. The minimum atomic E-state index is -3.66. The molecule has 0 spiro atoms. The van der Waals surface area contributed by atoms with Crippen LogP contribution in [0, 0.1) is 5.92 Å². The number of carbonyl (C=O) groups excluding carboxylic acids is 2. The lowest BCUT2D eigenvalue weighted by atomic mass is 9.96. The van der Waals surface area contributed by atoms with Crippen LogP contribution in [0.4, 0.5) is 5.69 Å². The van der Waals surface area contributed by atoms with E-state index >= 15 is 0 Å². The molecule has 2 fully saturated rings. The molecule has 1 aromatic rings. The highest BCUT2D eigenvalue weighted by Crippen LogP contribution is 2.34. The van der Waals surface area contributed by atoms with E-state index in [1.807, 2.05) is 4.90 Å².